The zero-order chi connectivity index (χ0) is 14.3. The van der Waals surface area contributed by atoms with Gasteiger partial charge in [0, 0.05) is 18.8 Å². The molecule has 0 aliphatic carbocycles. The Morgan fingerprint density at radius 3 is 2.17 bits per heavy atom. The monoisotopic (exact) mass is 277 g/mol. The highest BCUT2D eigenvalue weighted by Crippen LogP contribution is 2.29. The van der Waals surface area contributed by atoms with Gasteiger partial charge in [-0.25, -0.2) is 8.42 Å². The summed E-state index contributed by atoms with van der Waals surface area (Å²) in [5.74, 6) is -2.10. The SMILES string of the molecule is CC1C(C(=O)O)CCN1C(=O)C(C)(C)S(C)(=O)=O. The van der Waals surface area contributed by atoms with E-state index in [2.05, 4.69) is 0 Å². The molecule has 1 saturated heterocycles. The third kappa shape index (κ3) is 2.36. The van der Waals surface area contributed by atoms with Gasteiger partial charge in [-0.2, -0.15) is 0 Å². The summed E-state index contributed by atoms with van der Waals surface area (Å²) in [6.07, 6.45) is 1.38. The molecule has 0 aromatic rings. The van der Waals surface area contributed by atoms with Crippen LogP contribution in [0.2, 0.25) is 0 Å². The third-order valence-electron chi connectivity index (χ3n) is 3.78. The Balaban J connectivity index is 2.98. The lowest BCUT2D eigenvalue weighted by molar-refractivity contribution is -0.143. The number of likely N-dealkylation sites (tertiary alicyclic amines) is 1. The van der Waals surface area contributed by atoms with Gasteiger partial charge < -0.3 is 10.0 Å². The van der Waals surface area contributed by atoms with Crippen LogP contribution in [0.15, 0.2) is 0 Å². The number of hydrogen-bond donors (Lipinski definition) is 1. The van der Waals surface area contributed by atoms with Gasteiger partial charge >= 0.3 is 5.97 Å². The van der Waals surface area contributed by atoms with Crippen molar-refractivity contribution in [2.45, 2.75) is 38.0 Å². The normalized spacial score (nSPS) is 25.2. The van der Waals surface area contributed by atoms with Crippen molar-refractivity contribution in [3.05, 3.63) is 0 Å². The van der Waals surface area contributed by atoms with Gasteiger partial charge in [0.1, 0.15) is 4.75 Å². The van der Waals surface area contributed by atoms with Crippen LogP contribution < -0.4 is 0 Å². The smallest absolute Gasteiger partial charge is 0.308 e. The molecule has 0 radical (unpaired) electrons. The molecule has 1 heterocycles. The number of nitrogens with zero attached hydrogens (tertiary/aromatic N) is 1. The fourth-order valence-corrected chi connectivity index (χ4v) is 2.50. The van der Waals surface area contributed by atoms with Crippen molar-refractivity contribution in [3.8, 4) is 0 Å². The van der Waals surface area contributed by atoms with Crippen LogP contribution >= 0.6 is 0 Å². The van der Waals surface area contributed by atoms with E-state index < -0.39 is 38.4 Å². The molecule has 104 valence electrons. The van der Waals surface area contributed by atoms with Gasteiger partial charge in [0.2, 0.25) is 5.91 Å². The molecule has 0 aromatic carbocycles. The molecule has 1 aliphatic rings. The molecular weight excluding hydrogens is 258 g/mol. The van der Waals surface area contributed by atoms with Crippen molar-refractivity contribution in [1.82, 2.24) is 4.90 Å². The fourth-order valence-electron chi connectivity index (χ4n) is 2.06. The maximum atomic E-state index is 12.2. The van der Waals surface area contributed by atoms with Gasteiger partial charge in [0.05, 0.1) is 5.92 Å². The van der Waals surface area contributed by atoms with Crippen molar-refractivity contribution < 1.29 is 23.1 Å². The van der Waals surface area contributed by atoms with E-state index in [1.807, 2.05) is 0 Å². The number of carbonyl (C=O) groups is 2. The van der Waals surface area contributed by atoms with Crippen molar-refractivity contribution in [2.24, 2.45) is 5.92 Å². The number of aliphatic carboxylic acids is 1. The molecule has 6 nitrogen and oxygen atoms in total. The van der Waals surface area contributed by atoms with E-state index in [0.29, 0.717) is 6.42 Å². The van der Waals surface area contributed by atoms with Crippen LogP contribution in [-0.4, -0.2) is 53.9 Å². The van der Waals surface area contributed by atoms with Crippen molar-refractivity contribution >= 4 is 21.7 Å². The number of hydrogen-bond acceptors (Lipinski definition) is 4. The summed E-state index contributed by atoms with van der Waals surface area (Å²) < 4.78 is 21.7. The average molecular weight is 277 g/mol. The molecule has 1 aliphatic heterocycles. The van der Waals surface area contributed by atoms with E-state index in [9.17, 15) is 18.0 Å². The maximum Gasteiger partial charge on any atom is 0.308 e. The molecule has 18 heavy (non-hydrogen) atoms. The molecule has 0 aromatic heterocycles. The minimum atomic E-state index is -3.54. The predicted molar refractivity (Wildman–Crippen MR) is 65.8 cm³/mol. The van der Waals surface area contributed by atoms with E-state index in [4.69, 9.17) is 5.11 Å². The van der Waals surface area contributed by atoms with Gasteiger partial charge in [0.25, 0.3) is 0 Å². The van der Waals surface area contributed by atoms with Crippen LogP contribution in [0.5, 0.6) is 0 Å². The first-order chi connectivity index (χ1) is 8.00. The first-order valence-corrected chi connectivity index (χ1v) is 7.62. The quantitative estimate of drug-likeness (QED) is 0.791. The Hall–Kier alpha value is -1.11. The van der Waals surface area contributed by atoms with E-state index in [0.717, 1.165) is 6.26 Å². The van der Waals surface area contributed by atoms with E-state index >= 15 is 0 Å². The summed E-state index contributed by atoms with van der Waals surface area (Å²) >= 11 is 0. The Morgan fingerprint density at radius 1 is 1.33 bits per heavy atom. The summed E-state index contributed by atoms with van der Waals surface area (Å²) in [5, 5.41) is 8.99. The van der Waals surface area contributed by atoms with Crippen LogP contribution in [-0.2, 0) is 19.4 Å². The number of amides is 1. The molecular formula is C11H19NO5S. The Labute approximate surface area is 107 Å². The topological polar surface area (TPSA) is 91.8 Å². The minimum Gasteiger partial charge on any atom is -0.481 e. The molecule has 1 rings (SSSR count). The molecule has 0 saturated carbocycles. The first kappa shape index (κ1) is 14.9. The zero-order valence-corrected chi connectivity index (χ0v) is 11.8. The lowest BCUT2D eigenvalue weighted by atomic mass is 10.0. The second-order valence-electron chi connectivity index (χ2n) is 5.26. The third-order valence-corrected chi connectivity index (χ3v) is 5.80. The Morgan fingerprint density at radius 2 is 1.83 bits per heavy atom. The zero-order valence-electron chi connectivity index (χ0n) is 11.0. The van der Waals surface area contributed by atoms with Gasteiger partial charge in [0.15, 0.2) is 9.84 Å². The summed E-state index contributed by atoms with van der Waals surface area (Å²) in [7, 11) is -3.54. The van der Waals surface area contributed by atoms with Crippen LogP contribution in [0.3, 0.4) is 0 Å². The molecule has 1 N–H and O–H groups in total. The predicted octanol–water partition coefficient (Wildman–Crippen LogP) is 0.131. The fraction of sp³-hybridized carbons (Fsp3) is 0.818. The molecule has 7 heteroatoms. The summed E-state index contributed by atoms with van der Waals surface area (Å²) in [4.78, 5) is 24.6. The highest BCUT2D eigenvalue weighted by molar-refractivity contribution is 7.92. The number of carboxylic acid groups (broad SMARTS) is 1. The minimum absolute atomic E-state index is 0.288. The summed E-state index contributed by atoms with van der Waals surface area (Å²) in [6, 6.07) is -0.476. The Kier molecular flexibility index (Phi) is 3.76. The number of rotatable bonds is 3. The second-order valence-corrected chi connectivity index (χ2v) is 7.82. The van der Waals surface area contributed by atoms with Crippen molar-refractivity contribution in [2.75, 3.05) is 12.8 Å². The maximum absolute atomic E-state index is 12.2. The lowest BCUT2D eigenvalue weighted by Crippen LogP contribution is -2.51. The van der Waals surface area contributed by atoms with Gasteiger partial charge in [-0.05, 0) is 27.2 Å². The van der Waals surface area contributed by atoms with Gasteiger partial charge in [-0.3, -0.25) is 9.59 Å². The summed E-state index contributed by atoms with van der Waals surface area (Å²) in [5.41, 5.74) is 0. The standard InChI is InChI=1S/C11H19NO5S/c1-7-8(9(13)14)5-6-12(7)10(15)11(2,3)18(4,16)17/h7-8H,5-6H2,1-4H3,(H,13,14). The highest BCUT2D eigenvalue weighted by atomic mass is 32.2. The molecule has 2 unspecified atom stereocenters. The largest absolute Gasteiger partial charge is 0.481 e. The van der Waals surface area contributed by atoms with E-state index in [1.165, 1.54) is 18.7 Å². The Bertz CT molecular complexity index is 468. The highest BCUT2D eigenvalue weighted by Gasteiger charge is 2.47. The van der Waals surface area contributed by atoms with Gasteiger partial charge in [-0.1, -0.05) is 0 Å². The average Bonchev–Trinajstić information content (AvgIpc) is 2.57. The molecule has 1 fully saturated rings. The van der Waals surface area contributed by atoms with Crippen LogP contribution in [0.25, 0.3) is 0 Å². The number of carboxylic acids is 1. The van der Waals surface area contributed by atoms with Gasteiger partial charge in [-0.15, -0.1) is 0 Å². The number of sulfone groups is 1. The second kappa shape index (κ2) is 4.53. The van der Waals surface area contributed by atoms with E-state index in [1.54, 1.807) is 6.92 Å². The molecule has 0 bridgehead atoms. The molecule has 2 atom stereocenters. The lowest BCUT2D eigenvalue weighted by Gasteiger charge is -2.31. The summed E-state index contributed by atoms with van der Waals surface area (Å²) in [6.45, 7) is 4.63. The van der Waals surface area contributed by atoms with Crippen LogP contribution in [0.4, 0.5) is 0 Å². The molecule has 0 spiro atoms. The molecule has 1 amide bonds. The van der Waals surface area contributed by atoms with Crippen molar-refractivity contribution in [3.63, 3.8) is 0 Å². The van der Waals surface area contributed by atoms with Crippen molar-refractivity contribution in [1.29, 1.82) is 0 Å². The number of carbonyl (C=O) groups excluding carboxylic acids is 1. The first-order valence-electron chi connectivity index (χ1n) is 5.73. The van der Waals surface area contributed by atoms with Crippen LogP contribution in [0, 0.1) is 5.92 Å². The van der Waals surface area contributed by atoms with E-state index in [-0.39, 0.29) is 6.54 Å². The van der Waals surface area contributed by atoms with Crippen LogP contribution in [0.1, 0.15) is 27.2 Å².